The summed E-state index contributed by atoms with van der Waals surface area (Å²) < 4.78 is 7.25. The van der Waals surface area contributed by atoms with Gasteiger partial charge in [0.15, 0.2) is 0 Å². The molecule has 2 rings (SSSR count). The first-order valence-corrected chi connectivity index (χ1v) is 9.20. The van der Waals surface area contributed by atoms with Crippen LogP contribution in [0.1, 0.15) is 42.5 Å². The average Bonchev–Trinajstić information content (AvgIpc) is 2.93. The van der Waals surface area contributed by atoms with Crippen LogP contribution in [0.25, 0.3) is 5.69 Å². The number of hydrogen-bond acceptors (Lipinski definition) is 3. The minimum atomic E-state index is -0.149. The third-order valence-electron chi connectivity index (χ3n) is 4.45. The molecule has 0 aliphatic carbocycles. The van der Waals surface area contributed by atoms with Crippen LogP contribution >= 0.6 is 0 Å². The van der Waals surface area contributed by atoms with Gasteiger partial charge in [-0.3, -0.25) is 9.59 Å². The van der Waals surface area contributed by atoms with Gasteiger partial charge in [-0.1, -0.05) is 0 Å². The largest absolute Gasteiger partial charge is 0.497 e. The van der Waals surface area contributed by atoms with E-state index in [2.05, 4.69) is 5.32 Å². The third-order valence-corrected chi connectivity index (χ3v) is 4.45. The standard InChI is InChI=1S/C21H29N3O3/c1-7-23(13-20(25)22-14(2)3)21(26)19-12-15(4)24(16(19)5)17-8-10-18(27-6)11-9-17/h8-12,14H,7,13H2,1-6H3,(H,22,25). The van der Waals surface area contributed by atoms with Crippen molar-refractivity contribution in [2.24, 2.45) is 0 Å². The fraction of sp³-hybridized carbons (Fsp3) is 0.429. The van der Waals surface area contributed by atoms with Gasteiger partial charge in [0, 0.05) is 29.7 Å². The Balaban J connectivity index is 2.29. The number of ether oxygens (including phenoxy) is 1. The Morgan fingerprint density at radius 3 is 2.33 bits per heavy atom. The van der Waals surface area contributed by atoms with E-state index in [4.69, 9.17) is 4.74 Å². The summed E-state index contributed by atoms with van der Waals surface area (Å²) in [5, 5.41) is 2.83. The van der Waals surface area contributed by atoms with Crippen molar-refractivity contribution in [3.05, 3.63) is 47.3 Å². The van der Waals surface area contributed by atoms with E-state index < -0.39 is 0 Å². The third kappa shape index (κ3) is 4.70. The van der Waals surface area contributed by atoms with Gasteiger partial charge in [0.25, 0.3) is 5.91 Å². The Bertz CT molecular complexity index is 807. The molecular weight excluding hydrogens is 342 g/mol. The molecule has 6 heteroatoms. The minimum absolute atomic E-state index is 0.0476. The summed E-state index contributed by atoms with van der Waals surface area (Å²) in [6.07, 6.45) is 0. The van der Waals surface area contributed by atoms with Gasteiger partial charge >= 0.3 is 0 Å². The topological polar surface area (TPSA) is 63.6 Å². The van der Waals surface area contributed by atoms with Crippen LogP contribution in [0.15, 0.2) is 30.3 Å². The fourth-order valence-electron chi connectivity index (χ4n) is 3.15. The van der Waals surface area contributed by atoms with Gasteiger partial charge in [0.05, 0.1) is 19.2 Å². The number of nitrogens with one attached hydrogen (secondary N) is 1. The van der Waals surface area contributed by atoms with E-state index in [1.54, 1.807) is 12.0 Å². The highest BCUT2D eigenvalue weighted by Gasteiger charge is 2.23. The van der Waals surface area contributed by atoms with Crippen molar-refractivity contribution in [3.63, 3.8) is 0 Å². The maximum atomic E-state index is 13.0. The molecule has 2 aromatic rings. The molecule has 0 aliphatic rings. The van der Waals surface area contributed by atoms with Crippen LogP contribution in [-0.4, -0.2) is 47.5 Å². The number of carbonyl (C=O) groups excluding carboxylic acids is 2. The molecule has 0 aliphatic heterocycles. The number of methoxy groups -OCH3 is 1. The van der Waals surface area contributed by atoms with Gasteiger partial charge in [-0.2, -0.15) is 0 Å². The Labute approximate surface area is 161 Å². The van der Waals surface area contributed by atoms with Crippen LogP contribution in [-0.2, 0) is 4.79 Å². The Morgan fingerprint density at radius 1 is 1.19 bits per heavy atom. The smallest absolute Gasteiger partial charge is 0.256 e. The molecule has 1 aromatic carbocycles. The average molecular weight is 371 g/mol. The molecule has 146 valence electrons. The number of nitrogens with zero attached hydrogens (tertiary/aromatic N) is 2. The number of benzene rings is 1. The summed E-state index contributed by atoms with van der Waals surface area (Å²) in [6, 6.07) is 9.63. The molecule has 0 radical (unpaired) electrons. The molecule has 2 amide bonds. The lowest BCUT2D eigenvalue weighted by molar-refractivity contribution is -0.122. The molecule has 1 N–H and O–H groups in total. The molecule has 0 bridgehead atoms. The normalized spacial score (nSPS) is 10.8. The molecule has 0 spiro atoms. The first-order valence-electron chi connectivity index (χ1n) is 9.20. The number of likely N-dealkylation sites (N-methyl/N-ethyl adjacent to an activating group) is 1. The van der Waals surface area contributed by atoms with Crippen molar-refractivity contribution >= 4 is 11.8 Å². The number of carbonyl (C=O) groups is 2. The zero-order valence-electron chi connectivity index (χ0n) is 17.0. The van der Waals surface area contributed by atoms with Crippen molar-refractivity contribution in [1.29, 1.82) is 0 Å². The predicted molar refractivity (Wildman–Crippen MR) is 107 cm³/mol. The second-order valence-electron chi connectivity index (χ2n) is 6.86. The van der Waals surface area contributed by atoms with Crippen molar-refractivity contribution < 1.29 is 14.3 Å². The Kier molecular flexibility index (Phi) is 6.66. The second-order valence-corrected chi connectivity index (χ2v) is 6.86. The van der Waals surface area contributed by atoms with Gasteiger partial charge in [-0.25, -0.2) is 0 Å². The van der Waals surface area contributed by atoms with E-state index in [0.717, 1.165) is 22.8 Å². The molecule has 1 heterocycles. The number of amides is 2. The molecule has 0 atom stereocenters. The van der Waals surface area contributed by atoms with Gasteiger partial charge in [-0.15, -0.1) is 0 Å². The van der Waals surface area contributed by atoms with Crippen LogP contribution < -0.4 is 10.1 Å². The van der Waals surface area contributed by atoms with Crippen LogP contribution in [0, 0.1) is 13.8 Å². The van der Waals surface area contributed by atoms with E-state index in [9.17, 15) is 9.59 Å². The van der Waals surface area contributed by atoms with E-state index >= 15 is 0 Å². The fourth-order valence-corrected chi connectivity index (χ4v) is 3.15. The predicted octanol–water partition coefficient (Wildman–Crippen LogP) is 3.09. The zero-order valence-corrected chi connectivity index (χ0v) is 17.0. The summed E-state index contributed by atoms with van der Waals surface area (Å²) in [5.41, 5.74) is 3.39. The highest BCUT2D eigenvalue weighted by atomic mass is 16.5. The quantitative estimate of drug-likeness (QED) is 0.813. The van der Waals surface area contributed by atoms with Crippen LogP contribution in [0.5, 0.6) is 5.75 Å². The van der Waals surface area contributed by atoms with E-state index in [1.807, 2.05) is 69.5 Å². The lowest BCUT2D eigenvalue weighted by Gasteiger charge is -2.21. The van der Waals surface area contributed by atoms with Crippen LogP contribution in [0.2, 0.25) is 0 Å². The zero-order chi connectivity index (χ0) is 20.1. The van der Waals surface area contributed by atoms with Crippen molar-refractivity contribution in [3.8, 4) is 11.4 Å². The summed E-state index contributed by atoms with van der Waals surface area (Å²) in [5.74, 6) is 0.499. The van der Waals surface area contributed by atoms with Gasteiger partial charge in [0.2, 0.25) is 5.91 Å². The highest BCUT2D eigenvalue weighted by Crippen LogP contribution is 2.23. The lowest BCUT2D eigenvalue weighted by Crippen LogP contribution is -2.42. The Morgan fingerprint density at radius 2 is 1.81 bits per heavy atom. The van der Waals surface area contributed by atoms with E-state index in [1.165, 1.54) is 0 Å². The van der Waals surface area contributed by atoms with E-state index in [-0.39, 0.29) is 24.4 Å². The first-order chi connectivity index (χ1) is 12.8. The molecular formula is C21H29N3O3. The highest BCUT2D eigenvalue weighted by molar-refractivity contribution is 5.98. The first kappa shape index (κ1) is 20.6. The van der Waals surface area contributed by atoms with Gasteiger partial charge < -0.3 is 19.5 Å². The number of rotatable bonds is 7. The molecule has 0 unspecified atom stereocenters. The SMILES string of the molecule is CCN(CC(=O)NC(C)C)C(=O)c1cc(C)n(-c2ccc(OC)cc2)c1C. The van der Waals surface area contributed by atoms with Gasteiger partial charge in [-0.05, 0) is 65.0 Å². The molecule has 6 nitrogen and oxygen atoms in total. The van der Waals surface area contributed by atoms with Crippen molar-refractivity contribution in [2.75, 3.05) is 20.2 Å². The molecule has 0 saturated carbocycles. The van der Waals surface area contributed by atoms with Crippen LogP contribution in [0.3, 0.4) is 0 Å². The van der Waals surface area contributed by atoms with Crippen LogP contribution in [0.4, 0.5) is 0 Å². The Hall–Kier alpha value is -2.76. The number of aryl methyl sites for hydroxylation is 1. The maximum Gasteiger partial charge on any atom is 0.256 e. The van der Waals surface area contributed by atoms with Crippen molar-refractivity contribution in [1.82, 2.24) is 14.8 Å². The summed E-state index contributed by atoms with van der Waals surface area (Å²) in [4.78, 5) is 26.7. The molecule has 0 fully saturated rings. The van der Waals surface area contributed by atoms with E-state index in [0.29, 0.717) is 12.1 Å². The molecule has 1 aromatic heterocycles. The number of hydrogen-bond donors (Lipinski definition) is 1. The monoisotopic (exact) mass is 371 g/mol. The lowest BCUT2D eigenvalue weighted by atomic mass is 10.2. The summed E-state index contributed by atoms with van der Waals surface area (Å²) in [7, 11) is 1.63. The molecule has 27 heavy (non-hydrogen) atoms. The number of aromatic nitrogens is 1. The minimum Gasteiger partial charge on any atom is -0.497 e. The van der Waals surface area contributed by atoms with Gasteiger partial charge in [0.1, 0.15) is 5.75 Å². The maximum absolute atomic E-state index is 13.0. The second kappa shape index (κ2) is 8.75. The van der Waals surface area contributed by atoms with Crippen molar-refractivity contribution in [2.45, 2.75) is 40.7 Å². The molecule has 0 saturated heterocycles. The summed E-state index contributed by atoms with van der Waals surface area (Å²) in [6.45, 7) is 10.1. The summed E-state index contributed by atoms with van der Waals surface area (Å²) >= 11 is 0.